The number of amides is 1. The number of nitrogens with one attached hydrogen (secondary N) is 1. The Morgan fingerprint density at radius 1 is 1.29 bits per heavy atom. The van der Waals surface area contributed by atoms with E-state index in [1.807, 2.05) is 0 Å². The predicted octanol–water partition coefficient (Wildman–Crippen LogP) is 1.41. The number of aliphatic hydroxyl groups is 1. The fraction of sp³-hybridized carbons (Fsp3) is 0.545. The van der Waals surface area contributed by atoms with E-state index in [0.29, 0.717) is 0 Å². The molecule has 1 heterocycles. The van der Waals surface area contributed by atoms with Gasteiger partial charge in [0.05, 0.1) is 11.1 Å². The SMILES string of the molecule is CC(C)(O)C(C)(C)NC(=O)c1ccc(Cl)nn1. The van der Waals surface area contributed by atoms with Crippen molar-refractivity contribution in [3.05, 3.63) is 23.0 Å². The van der Waals surface area contributed by atoms with Crippen molar-refractivity contribution in [1.82, 2.24) is 15.5 Å². The first-order valence-corrected chi connectivity index (χ1v) is 5.55. The van der Waals surface area contributed by atoms with E-state index in [2.05, 4.69) is 15.5 Å². The lowest BCUT2D eigenvalue weighted by Crippen LogP contribution is -2.57. The number of halogens is 1. The molecule has 2 N–H and O–H groups in total. The number of hydrogen-bond donors (Lipinski definition) is 2. The molecule has 1 amide bonds. The summed E-state index contributed by atoms with van der Waals surface area (Å²) in [5.41, 5.74) is -1.68. The van der Waals surface area contributed by atoms with E-state index in [-0.39, 0.29) is 10.8 Å². The molecule has 0 aromatic carbocycles. The Kier molecular flexibility index (Phi) is 3.74. The van der Waals surface area contributed by atoms with Crippen LogP contribution >= 0.6 is 11.6 Å². The smallest absolute Gasteiger partial charge is 0.272 e. The Morgan fingerprint density at radius 3 is 2.29 bits per heavy atom. The van der Waals surface area contributed by atoms with Gasteiger partial charge in [0, 0.05) is 0 Å². The third-order valence-corrected chi connectivity index (χ3v) is 3.02. The van der Waals surface area contributed by atoms with E-state index in [1.54, 1.807) is 27.7 Å². The van der Waals surface area contributed by atoms with Crippen LogP contribution in [-0.4, -0.2) is 32.4 Å². The summed E-state index contributed by atoms with van der Waals surface area (Å²) in [6.45, 7) is 6.71. The van der Waals surface area contributed by atoms with Crippen LogP contribution in [0.5, 0.6) is 0 Å². The molecule has 1 aromatic rings. The highest BCUT2D eigenvalue weighted by molar-refractivity contribution is 6.29. The lowest BCUT2D eigenvalue weighted by Gasteiger charge is -2.37. The molecule has 1 aromatic heterocycles. The summed E-state index contributed by atoms with van der Waals surface area (Å²) in [6, 6.07) is 2.96. The summed E-state index contributed by atoms with van der Waals surface area (Å²) in [6.07, 6.45) is 0. The maximum absolute atomic E-state index is 11.9. The molecule has 0 aliphatic carbocycles. The van der Waals surface area contributed by atoms with Gasteiger partial charge in [0.25, 0.3) is 5.91 Å². The van der Waals surface area contributed by atoms with Gasteiger partial charge in [-0.2, -0.15) is 0 Å². The van der Waals surface area contributed by atoms with Crippen LogP contribution in [0, 0.1) is 0 Å². The largest absolute Gasteiger partial charge is 0.388 e. The maximum atomic E-state index is 11.9. The van der Waals surface area contributed by atoms with Gasteiger partial charge in [0.2, 0.25) is 0 Å². The number of carbonyl (C=O) groups excluding carboxylic acids is 1. The molecule has 17 heavy (non-hydrogen) atoms. The first-order chi connectivity index (χ1) is 7.63. The molecule has 0 spiro atoms. The van der Waals surface area contributed by atoms with Crippen molar-refractivity contribution in [1.29, 1.82) is 0 Å². The molecule has 0 radical (unpaired) electrons. The van der Waals surface area contributed by atoms with Gasteiger partial charge in [-0.1, -0.05) is 11.6 Å². The molecule has 0 unspecified atom stereocenters. The van der Waals surface area contributed by atoms with Crippen molar-refractivity contribution < 1.29 is 9.90 Å². The van der Waals surface area contributed by atoms with Crippen molar-refractivity contribution in [3.63, 3.8) is 0 Å². The Morgan fingerprint density at radius 2 is 1.88 bits per heavy atom. The van der Waals surface area contributed by atoms with E-state index < -0.39 is 17.0 Å². The van der Waals surface area contributed by atoms with Crippen LogP contribution in [0.4, 0.5) is 0 Å². The zero-order valence-corrected chi connectivity index (χ0v) is 11.0. The normalized spacial score (nSPS) is 12.4. The van der Waals surface area contributed by atoms with Crippen LogP contribution in [0.1, 0.15) is 38.2 Å². The minimum atomic E-state index is -1.05. The van der Waals surface area contributed by atoms with Crippen molar-refractivity contribution in [2.45, 2.75) is 38.8 Å². The summed E-state index contributed by atoms with van der Waals surface area (Å²) < 4.78 is 0. The van der Waals surface area contributed by atoms with Crippen LogP contribution in [0.25, 0.3) is 0 Å². The predicted molar refractivity (Wildman–Crippen MR) is 64.9 cm³/mol. The van der Waals surface area contributed by atoms with E-state index >= 15 is 0 Å². The van der Waals surface area contributed by atoms with Crippen LogP contribution in [0.3, 0.4) is 0 Å². The third-order valence-electron chi connectivity index (χ3n) is 2.82. The van der Waals surface area contributed by atoms with Crippen molar-refractivity contribution >= 4 is 17.5 Å². The van der Waals surface area contributed by atoms with E-state index in [0.717, 1.165) is 0 Å². The molecule has 94 valence electrons. The van der Waals surface area contributed by atoms with E-state index in [9.17, 15) is 9.90 Å². The molecular weight excluding hydrogens is 242 g/mol. The summed E-state index contributed by atoms with van der Waals surface area (Å²) in [5, 5.41) is 20.1. The molecule has 6 heteroatoms. The molecule has 0 bridgehead atoms. The van der Waals surface area contributed by atoms with Crippen molar-refractivity contribution in [2.24, 2.45) is 0 Å². The molecule has 0 fully saturated rings. The molecule has 0 saturated heterocycles. The van der Waals surface area contributed by atoms with Gasteiger partial charge < -0.3 is 10.4 Å². The summed E-state index contributed by atoms with van der Waals surface area (Å²) in [5.74, 6) is -0.402. The molecule has 0 saturated carbocycles. The van der Waals surface area contributed by atoms with Gasteiger partial charge in [-0.15, -0.1) is 10.2 Å². The van der Waals surface area contributed by atoms with E-state index in [1.165, 1.54) is 12.1 Å². The monoisotopic (exact) mass is 257 g/mol. The van der Waals surface area contributed by atoms with Crippen LogP contribution in [0.15, 0.2) is 12.1 Å². The zero-order valence-electron chi connectivity index (χ0n) is 10.3. The van der Waals surface area contributed by atoms with E-state index in [4.69, 9.17) is 11.6 Å². The Hall–Kier alpha value is -1.20. The molecule has 1 rings (SSSR count). The molecule has 0 aliphatic heterocycles. The Balaban J connectivity index is 2.83. The van der Waals surface area contributed by atoms with Crippen LogP contribution in [0.2, 0.25) is 5.15 Å². The van der Waals surface area contributed by atoms with Crippen LogP contribution in [-0.2, 0) is 0 Å². The molecule has 5 nitrogen and oxygen atoms in total. The topological polar surface area (TPSA) is 75.1 Å². The Bertz CT molecular complexity index is 410. The fourth-order valence-corrected chi connectivity index (χ4v) is 1.04. The average molecular weight is 258 g/mol. The average Bonchev–Trinajstić information content (AvgIpc) is 2.16. The van der Waals surface area contributed by atoms with Gasteiger partial charge in [-0.3, -0.25) is 4.79 Å². The first kappa shape index (κ1) is 13.9. The first-order valence-electron chi connectivity index (χ1n) is 5.17. The van der Waals surface area contributed by atoms with Gasteiger partial charge in [-0.25, -0.2) is 0 Å². The lowest BCUT2D eigenvalue weighted by atomic mass is 9.86. The third kappa shape index (κ3) is 3.38. The number of aromatic nitrogens is 2. The van der Waals surface area contributed by atoms with Gasteiger partial charge >= 0.3 is 0 Å². The quantitative estimate of drug-likeness (QED) is 0.859. The molecule has 0 atom stereocenters. The minimum Gasteiger partial charge on any atom is -0.388 e. The van der Waals surface area contributed by atoms with Crippen molar-refractivity contribution in [3.8, 4) is 0 Å². The standard InChI is InChI=1S/C11H16ClN3O2/c1-10(2,11(3,4)17)13-9(16)7-5-6-8(12)15-14-7/h5-6,17H,1-4H3,(H,13,16). The Labute approximate surface area is 105 Å². The second-order valence-corrected chi connectivity index (χ2v) is 5.27. The number of rotatable bonds is 3. The van der Waals surface area contributed by atoms with Gasteiger partial charge in [-0.05, 0) is 39.8 Å². The van der Waals surface area contributed by atoms with Crippen molar-refractivity contribution in [2.75, 3.05) is 0 Å². The molecule has 0 aliphatic rings. The number of nitrogens with zero attached hydrogens (tertiary/aromatic N) is 2. The number of hydrogen-bond acceptors (Lipinski definition) is 4. The second-order valence-electron chi connectivity index (χ2n) is 4.88. The van der Waals surface area contributed by atoms with Gasteiger partial charge in [0.15, 0.2) is 10.8 Å². The summed E-state index contributed by atoms with van der Waals surface area (Å²) >= 11 is 5.58. The maximum Gasteiger partial charge on any atom is 0.272 e. The molecular formula is C11H16ClN3O2. The summed E-state index contributed by atoms with van der Waals surface area (Å²) in [7, 11) is 0. The highest BCUT2D eigenvalue weighted by Gasteiger charge is 2.36. The highest BCUT2D eigenvalue weighted by atomic mass is 35.5. The van der Waals surface area contributed by atoms with Crippen LogP contribution < -0.4 is 5.32 Å². The van der Waals surface area contributed by atoms with Gasteiger partial charge in [0.1, 0.15) is 0 Å². The summed E-state index contributed by atoms with van der Waals surface area (Å²) in [4.78, 5) is 11.9. The zero-order chi connectivity index (χ0) is 13.3. The minimum absolute atomic E-state index is 0.159. The fourth-order valence-electron chi connectivity index (χ4n) is 0.938. The highest BCUT2D eigenvalue weighted by Crippen LogP contribution is 2.20. The number of carbonyl (C=O) groups is 1. The lowest BCUT2D eigenvalue weighted by molar-refractivity contribution is -0.00304. The second kappa shape index (κ2) is 4.58.